The number of carbonyl (C=O) groups is 2. The van der Waals surface area contributed by atoms with E-state index in [9.17, 15) is 19.1 Å². The van der Waals surface area contributed by atoms with Crippen molar-refractivity contribution in [3.63, 3.8) is 0 Å². The number of carbonyl (C=O) groups excluding carboxylic acids is 1. The highest BCUT2D eigenvalue weighted by atomic mass is 19.1. The molecule has 0 bridgehead atoms. The molecule has 0 aliphatic rings. The Morgan fingerprint density at radius 1 is 0.950 bits per heavy atom. The zero-order valence-electron chi connectivity index (χ0n) is 23.8. The normalized spacial score (nSPS) is 12.0. The largest absolute Gasteiger partial charge is 0.497 e. The minimum Gasteiger partial charge on any atom is -0.497 e. The highest BCUT2D eigenvalue weighted by Gasteiger charge is 2.36. The number of nitrogens with zero attached hydrogens (tertiary/aromatic N) is 2. The summed E-state index contributed by atoms with van der Waals surface area (Å²) in [4.78, 5) is 25.9. The van der Waals surface area contributed by atoms with Crippen molar-refractivity contribution < 1.29 is 33.3 Å². The summed E-state index contributed by atoms with van der Waals surface area (Å²) in [6, 6.07) is 20.9. The molecule has 0 fully saturated rings. The van der Waals surface area contributed by atoms with Crippen molar-refractivity contribution in [3.8, 4) is 17.2 Å². The van der Waals surface area contributed by atoms with Crippen LogP contribution in [0.1, 0.15) is 25.0 Å². The van der Waals surface area contributed by atoms with Crippen LogP contribution in [-0.2, 0) is 22.6 Å². The molecule has 1 N–H and O–H groups in total. The summed E-state index contributed by atoms with van der Waals surface area (Å²) >= 11 is 0. The molecular weight excluding hydrogens is 515 g/mol. The maximum Gasteiger partial charge on any atom is 0.348 e. The number of ether oxygens (including phenoxy) is 3. The van der Waals surface area contributed by atoms with Crippen LogP contribution in [0, 0.1) is 5.82 Å². The van der Waals surface area contributed by atoms with Gasteiger partial charge in [-0.2, -0.15) is 0 Å². The molecule has 3 aromatic rings. The molecular formula is C31H39FN2O6. The third-order valence-corrected chi connectivity index (χ3v) is 6.03. The molecule has 8 nitrogen and oxygen atoms in total. The van der Waals surface area contributed by atoms with Gasteiger partial charge in [0.1, 0.15) is 11.5 Å². The molecule has 216 valence electrons. The zero-order chi connectivity index (χ0) is 29.5. The van der Waals surface area contributed by atoms with Gasteiger partial charge in [-0.1, -0.05) is 36.4 Å². The van der Waals surface area contributed by atoms with Crippen LogP contribution in [0.5, 0.6) is 17.2 Å². The van der Waals surface area contributed by atoms with E-state index in [-0.39, 0.29) is 12.2 Å². The molecule has 3 aromatic carbocycles. The Labute approximate surface area is 235 Å². The summed E-state index contributed by atoms with van der Waals surface area (Å²) in [5, 5.41) is 9.51. The third kappa shape index (κ3) is 10.6. The molecule has 0 spiro atoms. The van der Waals surface area contributed by atoms with Gasteiger partial charge in [0.05, 0.1) is 13.7 Å². The van der Waals surface area contributed by atoms with E-state index >= 15 is 0 Å². The summed E-state index contributed by atoms with van der Waals surface area (Å²) in [7, 11) is 5.49. The topological polar surface area (TPSA) is 88.5 Å². The van der Waals surface area contributed by atoms with Gasteiger partial charge in [0.15, 0.2) is 11.6 Å². The number of benzene rings is 3. The molecule has 0 radical (unpaired) electrons. The Kier molecular flexibility index (Phi) is 12.9. The average Bonchev–Trinajstić information content (AvgIpc) is 2.95. The minimum absolute atomic E-state index is 0.0802. The molecule has 0 aliphatic carbocycles. The third-order valence-electron chi connectivity index (χ3n) is 6.03. The van der Waals surface area contributed by atoms with Crippen LogP contribution in [0.25, 0.3) is 0 Å². The van der Waals surface area contributed by atoms with Gasteiger partial charge in [-0.15, -0.1) is 0 Å². The second kappa shape index (κ2) is 16.1. The number of likely N-dealkylation sites (N-methyl/N-ethyl adjacent to an activating group) is 2. The van der Waals surface area contributed by atoms with E-state index in [1.54, 1.807) is 49.4 Å². The second-order valence-electron chi connectivity index (χ2n) is 9.49. The highest BCUT2D eigenvalue weighted by molar-refractivity contribution is 5.78. The van der Waals surface area contributed by atoms with Crippen molar-refractivity contribution in [1.29, 1.82) is 0 Å². The van der Waals surface area contributed by atoms with Crippen molar-refractivity contribution in [3.05, 3.63) is 89.7 Å². The lowest BCUT2D eigenvalue weighted by Gasteiger charge is -2.26. The summed E-state index contributed by atoms with van der Waals surface area (Å²) in [5.41, 5.74) is 0.423. The number of carboxylic acid groups (broad SMARTS) is 1. The van der Waals surface area contributed by atoms with Crippen LogP contribution in [0.2, 0.25) is 0 Å². The summed E-state index contributed by atoms with van der Waals surface area (Å²) in [6.07, 6.45) is 0.949. The molecule has 9 heteroatoms. The quantitative estimate of drug-likeness (QED) is 0.284. The lowest BCUT2D eigenvalue weighted by molar-refractivity contribution is -0.153. The fourth-order valence-corrected chi connectivity index (χ4v) is 3.69. The number of para-hydroxylation sites is 1. The lowest BCUT2D eigenvalue weighted by Crippen LogP contribution is -2.43. The Balaban J connectivity index is 0.000000294. The van der Waals surface area contributed by atoms with Crippen molar-refractivity contribution in [2.24, 2.45) is 0 Å². The van der Waals surface area contributed by atoms with E-state index in [2.05, 4.69) is 17.0 Å². The Hall–Kier alpha value is -4.11. The van der Waals surface area contributed by atoms with Gasteiger partial charge in [-0.3, -0.25) is 4.79 Å². The van der Waals surface area contributed by atoms with E-state index in [1.807, 2.05) is 26.1 Å². The van der Waals surface area contributed by atoms with Gasteiger partial charge in [-0.05, 0) is 68.4 Å². The molecule has 0 aliphatic heterocycles. The minimum atomic E-state index is -1.57. The Morgan fingerprint density at radius 3 is 2.10 bits per heavy atom. The second-order valence-corrected chi connectivity index (χ2v) is 9.49. The summed E-state index contributed by atoms with van der Waals surface area (Å²) in [6.45, 7) is 6.35. The van der Waals surface area contributed by atoms with Crippen LogP contribution in [-0.4, -0.2) is 73.8 Å². The monoisotopic (exact) mass is 554 g/mol. The molecule has 0 saturated carbocycles. The maximum absolute atomic E-state index is 13.7. The van der Waals surface area contributed by atoms with Gasteiger partial charge in [-0.25, -0.2) is 9.18 Å². The molecule has 1 atom stereocenters. The van der Waals surface area contributed by atoms with Crippen LogP contribution >= 0.6 is 0 Å². The fourth-order valence-electron chi connectivity index (χ4n) is 3.69. The first-order valence-corrected chi connectivity index (χ1v) is 13.0. The van der Waals surface area contributed by atoms with Gasteiger partial charge >= 0.3 is 5.97 Å². The molecule has 0 aromatic heterocycles. The summed E-state index contributed by atoms with van der Waals surface area (Å²) in [5.74, 6) is -0.245. The first-order valence-electron chi connectivity index (χ1n) is 13.0. The Bertz CT molecular complexity index is 1190. The van der Waals surface area contributed by atoms with Crippen LogP contribution < -0.4 is 14.2 Å². The number of hydrogen-bond acceptors (Lipinski definition) is 6. The van der Waals surface area contributed by atoms with Crippen molar-refractivity contribution in [1.82, 2.24) is 9.80 Å². The average molecular weight is 555 g/mol. The first-order chi connectivity index (χ1) is 19.1. The number of carboxylic acids is 1. The SMILES string of the molecule is CCOc1ccc(C[C@](C)(Oc2ccccc2F)C(=O)O)cc1.COc1ccc(CN(C)CCN(C)C=O)cc1. The number of hydrogen-bond donors (Lipinski definition) is 1. The number of aliphatic carboxylic acids is 1. The zero-order valence-corrected chi connectivity index (χ0v) is 23.8. The number of methoxy groups -OCH3 is 1. The highest BCUT2D eigenvalue weighted by Crippen LogP contribution is 2.26. The Morgan fingerprint density at radius 2 is 1.55 bits per heavy atom. The van der Waals surface area contributed by atoms with Crippen LogP contribution in [0.4, 0.5) is 4.39 Å². The van der Waals surface area contributed by atoms with Crippen molar-refractivity contribution in [2.75, 3.05) is 40.9 Å². The van der Waals surface area contributed by atoms with E-state index in [4.69, 9.17) is 14.2 Å². The standard InChI is InChI=1S/C18H19FO4.C13H20N2O2/c1-3-22-14-10-8-13(9-11-14)12-18(2,17(20)21)23-16-7-5-4-6-15(16)19;1-14(8-9-15(2)11-16)10-12-4-6-13(17-3)7-5-12/h4-11H,3,12H2,1-2H3,(H,20,21);4-7,11H,8-10H2,1-3H3/t18-;/m0./s1. The predicted octanol–water partition coefficient (Wildman–Crippen LogP) is 4.90. The van der Waals surface area contributed by atoms with Crippen molar-refractivity contribution in [2.45, 2.75) is 32.4 Å². The van der Waals surface area contributed by atoms with Gasteiger partial charge in [0, 0.05) is 33.1 Å². The number of halogens is 1. The van der Waals surface area contributed by atoms with Gasteiger partial charge < -0.3 is 29.1 Å². The molecule has 0 saturated heterocycles. The van der Waals surface area contributed by atoms with E-state index < -0.39 is 17.4 Å². The van der Waals surface area contributed by atoms with Gasteiger partial charge in [0.25, 0.3) is 0 Å². The molecule has 0 unspecified atom stereocenters. The van der Waals surface area contributed by atoms with E-state index in [0.29, 0.717) is 12.4 Å². The number of amides is 1. The van der Waals surface area contributed by atoms with Crippen LogP contribution in [0.3, 0.4) is 0 Å². The first kappa shape index (κ1) is 32.1. The van der Waals surface area contributed by atoms with E-state index in [0.717, 1.165) is 37.4 Å². The molecule has 0 heterocycles. The maximum atomic E-state index is 13.7. The molecule has 1 amide bonds. The van der Waals surface area contributed by atoms with Crippen LogP contribution in [0.15, 0.2) is 72.8 Å². The predicted molar refractivity (Wildman–Crippen MR) is 152 cm³/mol. The molecule has 3 rings (SSSR count). The summed E-state index contributed by atoms with van der Waals surface area (Å²) < 4.78 is 29.7. The fraction of sp³-hybridized carbons (Fsp3) is 0.355. The van der Waals surface area contributed by atoms with Crippen molar-refractivity contribution >= 4 is 12.4 Å². The van der Waals surface area contributed by atoms with Gasteiger partial charge in [0.2, 0.25) is 12.0 Å². The lowest BCUT2D eigenvalue weighted by atomic mass is 9.96. The molecule has 40 heavy (non-hydrogen) atoms. The van der Waals surface area contributed by atoms with E-state index in [1.165, 1.54) is 30.7 Å². The smallest absolute Gasteiger partial charge is 0.348 e. The number of rotatable bonds is 14.